The monoisotopic (exact) mass is 375 g/mol. The number of aryl methyl sites for hydroxylation is 1. The Bertz CT molecular complexity index is 1030. The second-order valence-corrected chi connectivity index (χ2v) is 6.89. The Morgan fingerprint density at radius 1 is 1.04 bits per heavy atom. The number of hydrogen-bond donors (Lipinski definition) is 0. The fourth-order valence-electron chi connectivity index (χ4n) is 2.79. The summed E-state index contributed by atoms with van der Waals surface area (Å²) in [7, 11) is 0. The van der Waals surface area contributed by atoms with Gasteiger partial charge in [0.25, 0.3) is 5.78 Å². The van der Waals surface area contributed by atoms with Crippen LogP contribution in [0.4, 0.5) is 11.4 Å². The van der Waals surface area contributed by atoms with E-state index < -0.39 is 0 Å². The molecule has 4 aromatic rings. The molecule has 1 amide bonds. The van der Waals surface area contributed by atoms with Crippen LogP contribution in [0.15, 0.2) is 78.1 Å². The number of hydrogen-bond acceptors (Lipinski definition) is 5. The summed E-state index contributed by atoms with van der Waals surface area (Å²) < 4.78 is 1.65. The predicted octanol–water partition coefficient (Wildman–Crippen LogP) is 3.89. The van der Waals surface area contributed by atoms with Crippen LogP contribution < -0.4 is 4.90 Å². The molecule has 0 N–H and O–H groups in total. The van der Waals surface area contributed by atoms with Crippen molar-refractivity contribution in [2.75, 3.05) is 10.7 Å². The maximum Gasteiger partial charge on any atom is 0.253 e. The molecular formula is C20H17N5OS. The molecule has 0 bridgehead atoms. The third-order valence-corrected chi connectivity index (χ3v) is 4.95. The zero-order chi connectivity index (χ0) is 18.6. The van der Waals surface area contributed by atoms with E-state index in [0.29, 0.717) is 5.78 Å². The first-order valence-electron chi connectivity index (χ1n) is 8.45. The molecule has 0 spiro atoms. The maximum absolute atomic E-state index is 13.1. The van der Waals surface area contributed by atoms with Crippen LogP contribution in [0, 0.1) is 6.92 Å². The van der Waals surface area contributed by atoms with Crippen molar-refractivity contribution < 1.29 is 4.79 Å². The lowest BCUT2D eigenvalue weighted by Crippen LogP contribution is -2.27. The molecule has 2 aromatic heterocycles. The number of benzene rings is 2. The Morgan fingerprint density at radius 2 is 1.67 bits per heavy atom. The fourth-order valence-corrected chi connectivity index (χ4v) is 3.70. The van der Waals surface area contributed by atoms with Gasteiger partial charge in [-0.15, -0.1) is 0 Å². The van der Waals surface area contributed by atoms with Gasteiger partial charge in [0, 0.05) is 17.1 Å². The van der Waals surface area contributed by atoms with E-state index >= 15 is 0 Å². The van der Waals surface area contributed by atoms with E-state index in [-0.39, 0.29) is 11.7 Å². The van der Waals surface area contributed by atoms with Crippen LogP contribution in [-0.4, -0.2) is 31.2 Å². The van der Waals surface area contributed by atoms with E-state index in [1.54, 1.807) is 9.42 Å². The van der Waals surface area contributed by atoms with Crippen molar-refractivity contribution in [1.82, 2.24) is 19.6 Å². The minimum atomic E-state index is -0.0138. The summed E-state index contributed by atoms with van der Waals surface area (Å²) in [5.74, 6) is 0.787. The highest BCUT2D eigenvalue weighted by molar-refractivity contribution is 7.99. The van der Waals surface area contributed by atoms with Crippen LogP contribution in [0.5, 0.6) is 0 Å². The van der Waals surface area contributed by atoms with Crippen molar-refractivity contribution in [1.29, 1.82) is 0 Å². The zero-order valence-corrected chi connectivity index (χ0v) is 15.5. The molecule has 0 aliphatic heterocycles. The molecule has 0 aliphatic rings. The van der Waals surface area contributed by atoms with Crippen molar-refractivity contribution >= 4 is 34.8 Å². The van der Waals surface area contributed by atoms with Crippen LogP contribution in [0.25, 0.3) is 5.78 Å². The van der Waals surface area contributed by atoms with Gasteiger partial charge in [-0.1, -0.05) is 48.2 Å². The lowest BCUT2D eigenvalue weighted by atomic mass is 10.2. The molecule has 0 unspecified atom stereocenters. The summed E-state index contributed by atoms with van der Waals surface area (Å²) in [5, 5.41) is 5.03. The first-order chi connectivity index (χ1) is 13.2. The second-order valence-electron chi connectivity index (χ2n) is 5.90. The standard InChI is InChI=1S/C20H17N5OS/c1-15-12-19(25-20(23-15)21-14-22-25)27-13-18(26)24(16-8-4-2-5-9-16)17-10-6-3-7-11-17/h2-12,14H,13H2,1H3. The van der Waals surface area contributed by atoms with E-state index in [0.717, 1.165) is 22.1 Å². The largest absolute Gasteiger partial charge is 0.280 e. The van der Waals surface area contributed by atoms with E-state index in [1.807, 2.05) is 73.7 Å². The maximum atomic E-state index is 13.1. The molecule has 2 heterocycles. The molecule has 4 rings (SSSR count). The molecule has 0 fully saturated rings. The molecule has 6 nitrogen and oxygen atoms in total. The molecule has 0 atom stereocenters. The smallest absolute Gasteiger partial charge is 0.253 e. The molecule has 0 radical (unpaired) electrons. The summed E-state index contributed by atoms with van der Waals surface area (Å²) >= 11 is 1.42. The van der Waals surface area contributed by atoms with E-state index in [2.05, 4.69) is 15.1 Å². The fraction of sp³-hybridized carbons (Fsp3) is 0.100. The van der Waals surface area contributed by atoms with E-state index in [9.17, 15) is 4.79 Å². The first-order valence-corrected chi connectivity index (χ1v) is 9.44. The molecular weight excluding hydrogens is 358 g/mol. The van der Waals surface area contributed by atoms with Crippen molar-refractivity contribution in [3.8, 4) is 0 Å². The lowest BCUT2D eigenvalue weighted by Gasteiger charge is -2.23. The third kappa shape index (κ3) is 3.68. The number of carbonyl (C=O) groups excluding carboxylic acids is 1. The van der Waals surface area contributed by atoms with Crippen molar-refractivity contribution in [3.63, 3.8) is 0 Å². The lowest BCUT2D eigenvalue weighted by molar-refractivity contribution is -0.115. The van der Waals surface area contributed by atoms with Gasteiger partial charge in [0.05, 0.1) is 5.75 Å². The normalized spacial score (nSPS) is 10.9. The second kappa shape index (κ2) is 7.59. The number of fused-ring (bicyclic) bond motifs is 1. The number of anilines is 2. The van der Waals surface area contributed by atoms with Gasteiger partial charge in [-0.2, -0.15) is 14.6 Å². The van der Waals surface area contributed by atoms with E-state index in [4.69, 9.17) is 0 Å². The number of carbonyl (C=O) groups is 1. The first kappa shape index (κ1) is 17.2. The quantitative estimate of drug-likeness (QED) is 0.391. The Balaban J connectivity index is 1.61. The number of rotatable bonds is 5. The molecule has 134 valence electrons. The Kier molecular flexibility index (Phi) is 4.84. The summed E-state index contributed by atoms with van der Waals surface area (Å²) in [5.41, 5.74) is 2.52. The summed E-state index contributed by atoms with van der Waals surface area (Å²) in [6.07, 6.45) is 1.47. The molecule has 7 heteroatoms. The highest BCUT2D eigenvalue weighted by Gasteiger charge is 2.19. The van der Waals surface area contributed by atoms with Crippen molar-refractivity contribution in [2.45, 2.75) is 11.9 Å². The van der Waals surface area contributed by atoms with Gasteiger partial charge in [0.2, 0.25) is 5.91 Å². The molecule has 2 aromatic carbocycles. The molecule has 0 saturated heterocycles. The summed E-state index contributed by atoms with van der Waals surface area (Å²) in [6, 6.07) is 21.2. The minimum Gasteiger partial charge on any atom is -0.280 e. The van der Waals surface area contributed by atoms with Gasteiger partial charge >= 0.3 is 0 Å². The van der Waals surface area contributed by atoms with Crippen LogP contribution in [0.1, 0.15) is 5.69 Å². The SMILES string of the molecule is Cc1cc(SCC(=O)N(c2ccccc2)c2ccccc2)n2ncnc2n1. The van der Waals surface area contributed by atoms with Gasteiger partial charge in [-0.25, -0.2) is 4.98 Å². The number of thioether (sulfide) groups is 1. The number of aromatic nitrogens is 4. The van der Waals surface area contributed by atoms with Crippen LogP contribution >= 0.6 is 11.8 Å². The average Bonchev–Trinajstić information content (AvgIpc) is 3.16. The average molecular weight is 375 g/mol. The molecule has 0 saturated carbocycles. The topological polar surface area (TPSA) is 63.4 Å². The van der Waals surface area contributed by atoms with Gasteiger partial charge in [0.1, 0.15) is 11.4 Å². The Labute approximate surface area is 160 Å². The predicted molar refractivity (Wildman–Crippen MR) is 106 cm³/mol. The third-order valence-electron chi connectivity index (χ3n) is 3.97. The number of nitrogens with zero attached hydrogens (tertiary/aromatic N) is 5. The number of para-hydroxylation sites is 2. The minimum absolute atomic E-state index is 0.0138. The van der Waals surface area contributed by atoms with Gasteiger partial charge in [-0.05, 0) is 37.3 Å². The summed E-state index contributed by atoms with van der Waals surface area (Å²) in [6.45, 7) is 1.90. The highest BCUT2D eigenvalue weighted by atomic mass is 32.2. The van der Waals surface area contributed by atoms with Gasteiger partial charge < -0.3 is 0 Å². The van der Waals surface area contributed by atoms with Crippen LogP contribution in [0.3, 0.4) is 0 Å². The van der Waals surface area contributed by atoms with E-state index in [1.165, 1.54) is 18.1 Å². The van der Waals surface area contributed by atoms with Crippen LogP contribution in [0.2, 0.25) is 0 Å². The molecule has 0 aliphatic carbocycles. The highest BCUT2D eigenvalue weighted by Crippen LogP contribution is 2.27. The summed E-state index contributed by atoms with van der Waals surface area (Å²) in [4.78, 5) is 23.3. The number of amides is 1. The van der Waals surface area contributed by atoms with Crippen molar-refractivity contribution in [3.05, 3.63) is 78.8 Å². The Morgan fingerprint density at radius 3 is 2.30 bits per heavy atom. The zero-order valence-electron chi connectivity index (χ0n) is 14.7. The van der Waals surface area contributed by atoms with Gasteiger partial charge in [0.15, 0.2) is 0 Å². The van der Waals surface area contributed by atoms with Gasteiger partial charge in [-0.3, -0.25) is 9.69 Å². The molecule has 27 heavy (non-hydrogen) atoms. The van der Waals surface area contributed by atoms with Crippen LogP contribution in [-0.2, 0) is 4.79 Å². The van der Waals surface area contributed by atoms with Crippen molar-refractivity contribution in [2.24, 2.45) is 0 Å². The Hall–Kier alpha value is -3.19.